The molecule has 50 heteroatoms. The van der Waals surface area contributed by atoms with Gasteiger partial charge in [-0.3, -0.25) is 28.7 Å². The van der Waals surface area contributed by atoms with E-state index in [9.17, 15) is 18.9 Å². The summed E-state index contributed by atoms with van der Waals surface area (Å²) in [5.74, 6) is 0. The molecule has 0 atom stereocenters. The molecule has 0 aliphatic rings. The first kappa shape index (κ1) is 134. The third kappa shape index (κ3) is 95.0. The number of aromatic nitrogens is 4. The molecule has 0 aliphatic heterocycles. The Labute approximate surface area is 729 Å². The predicted octanol–water partition coefficient (Wildman–Crippen LogP) is -13.5. The summed E-state index contributed by atoms with van der Waals surface area (Å²) in [6.45, 7) is 74.8. The Hall–Kier alpha value is 1.17. The van der Waals surface area contributed by atoms with Crippen LogP contribution in [0.4, 0.5) is 0 Å². The average molecular weight is 1950 g/mol. The first-order chi connectivity index (χ1) is 50.2. The van der Waals surface area contributed by atoms with Crippen molar-refractivity contribution in [2.45, 2.75) is 137 Å². The zero-order chi connectivity index (χ0) is 84.8. The molecule has 0 unspecified atom stereocenters. The standard InChI is InChI=1S/2C29H61N8.2C2H7O4P.4ClHO4.4Zn/c2*1-9-32(10-2)17-21-36(22-18-33(11-3)12-4)26-28-25-29(31-30-28)27-37(23-19-34(13-5)14-6)24-20-35(15-7)16-8;2*1-5-7(3,4)6-2;4*2-1(3,4)5;;;;/h2*25H,9-24,26-27H2,1-8H3;2*1-2H3,(H,3,4);4*(H,2,3,4,5);;;;/q2*-1;;;;;;;4*+2/p-6. The summed E-state index contributed by atoms with van der Waals surface area (Å²) < 4.78 is 171. The van der Waals surface area contributed by atoms with Crippen molar-refractivity contribution in [2.24, 2.45) is 0 Å². The molecule has 0 bridgehead atoms. The van der Waals surface area contributed by atoms with Gasteiger partial charge in [0.25, 0.3) is 15.6 Å². The normalized spacial score (nSPS) is 11.9. The molecule has 0 saturated carbocycles. The van der Waals surface area contributed by atoms with E-state index in [0.29, 0.717) is 0 Å². The molecule has 0 amide bonds. The second-order valence-corrected chi connectivity index (χ2v) is 29.4. The topological polar surface area (TPSA) is 579 Å². The molecule has 0 radical (unpaired) electrons. The average Bonchev–Trinajstić information content (AvgIpc) is 1.75. The van der Waals surface area contributed by atoms with E-state index in [-0.39, 0.29) is 77.9 Å². The van der Waals surface area contributed by atoms with Gasteiger partial charge >= 0.3 is 77.9 Å². The molecule has 0 N–H and O–H groups in total. The van der Waals surface area contributed by atoms with Gasteiger partial charge in [-0.1, -0.05) is 123 Å². The van der Waals surface area contributed by atoms with Crippen molar-refractivity contribution in [3.05, 3.63) is 34.9 Å². The van der Waals surface area contributed by atoms with Crippen molar-refractivity contribution >= 4 is 15.6 Å². The maximum Gasteiger partial charge on any atom is 2.00 e. The summed E-state index contributed by atoms with van der Waals surface area (Å²) in [7, 11) is -23.4. The zero-order valence-corrected chi connectivity index (χ0v) is 87.5. The third-order valence-electron chi connectivity index (χ3n) is 16.7. The molecule has 0 aromatic carbocycles. The monoisotopic (exact) mass is 1940 g/mol. The van der Waals surface area contributed by atoms with Crippen molar-refractivity contribution in [2.75, 3.05) is 238 Å². The molecule has 0 aliphatic carbocycles. The van der Waals surface area contributed by atoms with Gasteiger partial charge in [-0.15, -0.1) is 52.4 Å². The van der Waals surface area contributed by atoms with E-state index in [1.54, 1.807) is 0 Å². The van der Waals surface area contributed by atoms with Crippen LogP contribution < -0.4 is 94.5 Å². The molecule has 2 aromatic rings. The van der Waals surface area contributed by atoms with Gasteiger partial charge in [-0.05, 0) is 105 Å². The maximum absolute atomic E-state index is 9.95. The number of nitrogens with zero attached hydrogens (tertiary/aromatic N) is 16. The SMILES string of the molecule is CCN(CC)CCN(CCN(CC)CC)Cc1cc(CN(CCN(CC)CC)CCN(CC)CC)[n-]n1.CCN(CC)CCN(CCN(CC)CC)Cc1cc(CN(CCN(CC)CC)CCN(CC)CC)[n-]n1.COP(=O)([O-])OC.COP(=O)([O-])OC.[O-][Cl+3]([O-])([O-])[O-].[O-][Cl+3]([O-])([O-])[O-].[O-][Cl+3]([O-])([O-])[O-].[O-][Cl+3]([O-])([O-])[O-].[Zn+2].[Zn+2].[Zn+2].[Zn+2]. The summed E-state index contributed by atoms with van der Waals surface area (Å²) in [5.41, 5.74) is 4.45. The molecular formula is C62H134Cl4N16O24P2Zn4. The molecule has 2 aromatic heterocycles. The van der Waals surface area contributed by atoms with E-state index in [4.69, 9.17) is 74.5 Å². The fraction of sp³-hybridized carbons (Fsp3) is 0.903. The van der Waals surface area contributed by atoms with E-state index in [0.717, 1.165) is 287 Å². The van der Waals surface area contributed by atoms with E-state index < -0.39 is 56.6 Å². The summed E-state index contributed by atoms with van der Waals surface area (Å²) in [6, 6.07) is 4.51. The summed E-state index contributed by atoms with van der Waals surface area (Å²) in [6.07, 6.45) is 0. The molecule has 0 spiro atoms. The van der Waals surface area contributed by atoms with Gasteiger partial charge in [-0.25, -0.2) is 74.5 Å². The number of likely N-dealkylation sites (N-methyl/N-ethyl adjacent to an activating group) is 8. The molecular weight excluding hydrogens is 1820 g/mol. The van der Waals surface area contributed by atoms with Crippen LogP contribution in [0.2, 0.25) is 0 Å². The number of phosphoric acid groups is 2. The van der Waals surface area contributed by atoms with Gasteiger partial charge in [0.15, 0.2) is 0 Å². The number of halogens is 4. The van der Waals surface area contributed by atoms with Crippen molar-refractivity contribution < 1.29 is 230 Å². The maximum atomic E-state index is 9.95. The van der Waals surface area contributed by atoms with Crippen LogP contribution in [0, 0.1) is 41.0 Å². The largest absolute Gasteiger partial charge is 2.00 e. The molecule has 2 rings (SSSR count). The minimum atomic E-state index is -4.94. The van der Waals surface area contributed by atoms with Crippen LogP contribution in [-0.2, 0) is 131 Å². The number of phosphoric ester groups is 2. The van der Waals surface area contributed by atoms with Crippen molar-refractivity contribution in [1.29, 1.82) is 0 Å². The Morgan fingerprint density at radius 1 is 0.268 bits per heavy atom. The molecule has 652 valence electrons. The van der Waals surface area contributed by atoms with Gasteiger partial charge in [0.05, 0.1) is 0 Å². The summed E-state index contributed by atoms with van der Waals surface area (Å²) >= 11 is 0. The molecule has 40 nitrogen and oxygen atoms in total. The Bertz CT molecular complexity index is 2010. The summed E-state index contributed by atoms with van der Waals surface area (Å²) in [5, 5.41) is 18.5. The van der Waals surface area contributed by atoms with Gasteiger partial charge in [-0.2, -0.15) is 0 Å². The molecule has 2 heterocycles. The first-order valence-corrected chi connectivity index (χ1v) is 44.0. The predicted molar refractivity (Wildman–Crippen MR) is 362 cm³/mol. The Morgan fingerprint density at radius 2 is 0.384 bits per heavy atom. The van der Waals surface area contributed by atoms with Gasteiger partial charge in [0.2, 0.25) is 0 Å². The number of rotatable bonds is 52. The van der Waals surface area contributed by atoms with Crippen molar-refractivity contribution in [3.63, 3.8) is 0 Å². The fourth-order valence-corrected chi connectivity index (χ4v) is 10.1. The van der Waals surface area contributed by atoms with Crippen LogP contribution in [0.1, 0.15) is 134 Å². The van der Waals surface area contributed by atoms with Crippen LogP contribution in [0.25, 0.3) is 0 Å². The number of hydrogen-bond acceptors (Lipinski definition) is 38. The minimum Gasteiger partial charge on any atom is -0.756 e. The van der Waals surface area contributed by atoms with Crippen LogP contribution in [0.15, 0.2) is 12.1 Å². The second-order valence-electron chi connectivity index (χ2n) is 23.1. The fourth-order valence-electron chi connectivity index (χ4n) is 9.79. The molecule has 0 fully saturated rings. The Kier molecular flexibility index (Phi) is 96.2. The van der Waals surface area contributed by atoms with Crippen LogP contribution in [-0.4, -0.2) is 307 Å². The van der Waals surface area contributed by atoms with E-state index in [1.807, 2.05) is 0 Å². The second kappa shape index (κ2) is 80.6. The third-order valence-corrected chi connectivity index (χ3v) is 18.5. The van der Waals surface area contributed by atoms with Gasteiger partial charge in [0, 0.05) is 171 Å². The van der Waals surface area contributed by atoms with Crippen LogP contribution in [0.3, 0.4) is 0 Å². The number of hydrogen-bond donors (Lipinski definition) is 0. The van der Waals surface area contributed by atoms with E-state index >= 15 is 0 Å². The smallest absolute Gasteiger partial charge is 0.756 e. The van der Waals surface area contributed by atoms with E-state index in [1.165, 1.54) is 0 Å². The summed E-state index contributed by atoms with van der Waals surface area (Å²) in [4.78, 5) is 50.3. The molecule has 0 saturated heterocycles. The van der Waals surface area contributed by atoms with Crippen LogP contribution in [0.5, 0.6) is 0 Å². The van der Waals surface area contributed by atoms with E-state index in [2.05, 4.69) is 220 Å². The minimum absolute atomic E-state index is 0. The van der Waals surface area contributed by atoms with Gasteiger partial charge < -0.3 is 87.5 Å². The molecule has 112 heavy (non-hydrogen) atoms. The zero-order valence-electron chi connectivity index (χ0n) is 70.8. The van der Waals surface area contributed by atoms with Crippen molar-refractivity contribution in [1.82, 2.24) is 79.2 Å². The Morgan fingerprint density at radius 3 is 0.491 bits per heavy atom. The Balaban J connectivity index is -0.000000159. The van der Waals surface area contributed by atoms with Crippen molar-refractivity contribution in [3.8, 4) is 0 Å². The first-order valence-electron chi connectivity index (χ1n) is 36.1. The quantitative estimate of drug-likeness (QED) is 0.0438. The van der Waals surface area contributed by atoms with Crippen LogP contribution >= 0.6 is 15.6 Å². The van der Waals surface area contributed by atoms with Gasteiger partial charge in [0.1, 0.15) is 0 Å².